The van der Waals surface area contributed by atoms with Crippen LogP contribution in [0.4, 0.5) is 0 Å². The van der Waals surface area contributed by atoms with Gasteiger partial charge in [-0.15, -0.1) is 0 Å². The highest BCUT2D eigenvalue weighted by atomic mass is 16.5. The number of rotatable bonds is 56. The highest BCUT2D eigenvalue weighted by Crippen LogP contribution is 2.39. The average Bonchev–Trinajstić information content (AvgIpc) is 0.741. The van der Waals surface area contributed by atoms with E-state index < -0.39 is 11.2 Å². The molecule has 0 saturated carbocycles. The first kappa shape index (κ1) is 86.1. The van der Waals surface area contributed by atoms with Gasteiger partial charge in [-0.2, -0.15) is 0 Å². The summed E-state index contributed by atoms with van der Waals surface area (Å²) in [4.78, 5) is 0. The number of unbranched alkanes of at least 4 members (excludes halogenated alkanes) is 36. The molecule has 8 heteroatoms. The third kappa shape index (κ3) is 34.4. The van der Waals surface area contributed by atoms with Crippen LogP contribution in [-0.2, 0) is 13.2 Å². The summed E-state index contributed by atoms with van der Waals surface area (Å²) in [5.41, 5.74) is 5.11. The second-order valence-electron chi connectivity index (χ2n) is 31.3. The van der Waals surface area contributed by atoms with Crippen LogP contribution in [0.25, 0.3) is 43.8 Å². The molecule has 0 atom stereocenters. The van der Waals surface area contributed by atoms with Gasteiger partial charge < -0.3 is 38.6 Å². The van der Waals surface area contributed by atoms with E-state index in [0.717, 1.165) is 126 Å². The van der Waals surface area contributed by atoms with Crippen molar-refractivity contribution in [2.75, 3.05) is 26.4 Å². The number of hydrogen-bond acceptors (Lipinski definition) is 8. The summed E-state index contributed by atoms with van der Waals surface area (Å²) in [7, 11) is 0. The first-order valence-corrected chi connectivity index (χ1v) is 42.5. The lowest BCUT2D eigenvalue weighted by molar-refractivity contribution is 0.143. The normalized spacial score (nSPS) is 11.6. The van der Waals surface area contributed by atoms with Crippen molar-refractivity contribution in [3.05, 3.63) is 144 Å². The van der Waals surface area contributed by atoms with Crippen molar-refractivity contribution in [2.45, 2.75) is 337 Å². The van der Waals surface area contributed by atoms with Gasteiger partial charge in [-0.25, -0.2) is 0 Å². The first-order chi connectivity index (χ1) is 51.7. The molecular weight excluding hydrogens is 1310 g/mol. The molecule has 0 heterocycles. The summed E-state index contributed by atoms with van der Waals surface area (Å²) in [6.07, 6.45) is 51.5. The van der Waals surface area contributed by atoms with E-state index in [4.69, 9.17) is 28.4 Å². The van der Waals surface area contributed by atoms with Gasteiger partial charge in [0, 0.05) is 23.3 Å². The van der Waals surface area contributed by atoms with Crippen molar-refractivity contribution in [1.82, 2.24) is 0 Å². The Balaban J connectivity index is 1.05. The first-order valence-electron chi connectivity index (χ1n) is 42.5. The molecule has 0 fully saturated rings. The highest BCUT2D eigenvalue weighted by molar-refractivity contribution is 6.11. The molecule has 7 aromatic carbocycles. The molecule has 0 aliphatic rings. The van der Waals surface area contributed by atoms with Crippen molar-refractivity contribution in [1.29, 1.82) is 0 Å². The van der Waals surface area contributed by atoms with Crippen LogP contribution in [-0.4, -0.2) is 47.8 Å². The standard InChI is InChI=1S/C98H138O8/c1-9-13-17-21-25-29-33-37-41-45-65-101-87-69-79(70-88(75-87)102-66-46-42-38-34-30-26-22-18-14-10-2)77-105-85-55-49-81(50-56-85)83-53-59-91-94(62-64-98(7,8)100)96-74-84(54-60-92(96)93(95(91)73-83)61-63-97(5,6)99)82-51-57-86(58-52-82)106-78-80-71-89(103-67-47-43-39-35-31-27-23-19-15-11-3)76-90(72-80)104-68-48-44-40-36-32-28-24-20-16-12-4/h49-60,69-76,99-100H,9-48,65-68,77-78H2,1-8H3. The van der Waals surface area contributed by atoms with Crippen LogP contribution in [0.15, 0.2) is 121 Å². The largest absolute Gasteiger partial charge is 0.493 e. The molecule has 578 valence electrons. The van der Waals surface area contributed by atoms with E-state index >= 15 is 0 Å². The van der Waals surface area contributed by atoms with E-state index in [9.17, 15) is 10.2 Å². The lowest BCUT2D eigenvalue weighted by Crippen LogP contribution is -2.14. The number of ether oxygens (including phenoxy) is 6. The zero-order valence-corrected chi connectivity index (χ0v) is 67.4. The minimum atomic E-state index is -1.25. The van der Waals surface area contributed by atoms with E-state index in [-0.39, 0.29) is 0 Å². The minimum Gasteiger partial charge on any atom is -0.493 e. The Morgan fingerprint density at radius 1 is 0.245 bits per heavy atom. The van der Waals surface area contributed by atoms with Crippen LogP contribution in [0.1, 0.15) is 334 Å². The van der Waals surface area contributed by atoms with Gasteiger partial charge in [0.25, 0.3) is 0 Å². The van der Waals surface area contributed by atoms with E-state index in [1.54, 1.807) is 27.7 Å². The van der Waals surface area contributed by atoms with Gasteiger partial charge in [-0.3, -0.25) is 0 Å². The Labute approximate surface area is 643 Å². The predicted octanol–water partition coefficient (Wildman–Crippen LogP) is 27.9. The lowest BCUT2D eigenvalue weighted by Gasteiger charge is -2.16. The van der Waals surface area contributed by atoms with Gasteiger partial charge in [-0.05, 0) is 169 Å². The summed E-state index contributed by atoms with van der Waals surface area (Å²) in [6.45, 7) is 19.5. The molecule has 0 aliphatic heterocycles. The second-order valence-corrected chi connectivity index (χ2v) is 31.3. The molecule has 0 radical (unpaired) electrons. The number of hydrogen-bond donors (Lipinski definition) is 2. The molecule has 0 amide bonds. The molecule has 2 N–H and O–H groups in total. The molecule has 0 bridgehead atoms. The maximum Gasteiger partial charge on any atom is 0.123 e. The SMILES string of the molecule is CCCCCCCCCCCCOc1cc(COc2ccc(-c3ccc4c(C#CC(C)(C)O)c5cc(-c6ccc(OCc7cc(OCCCCCCCCCCCC)cc(OCCCCCCCCCCCC)c7)cc6)ccc5c(C#CC(C)(C)O)c4c3)cc2)cc(OCCCCCCCCCCCC)c1. The van der Waals surface area contributed by atoms with Crippen LogP contribution >= 0.6 is 0 Å². The van der Waals surface area contributed by atoms with E-state index in [2.05, 4.69) is 148 Å². The summed E-state index contributed by atoms with van der Waals surface area (Å²) >= 11 is 0. The van der Waals surface area contributed by atoms with E-state index in [0.29, 0.717) is 39.6 Å². The molecular formula is C98H138O8. The monoisotopic (exact) mass is 1440 g/mol. The van der Waals surface area contributed by atoms with Crippen LogP contribution in [0.2, 0.25) is 0 Å². The minimum absolute atomic E-state index is 0.369. The zero-order chi connectivity index (χ0) is 75.1. The molecule has 7 rings (SSSR count). The van der Waals surface area contributed by atoms with Crippen LogP contribution in [0.5, 0.6) is 34.5 Å². The Hall–Kier alpha value is -7.10. The summed E-state index contributed by atoms with van der Waals surface area (Å²) in [5, 5.41) is 25.8. The molecule has 0 aromatic heterocycles. The lowest BCUT2D eigenvalue weighted by atomic mass is 9.88. The molecule has 8 nitrogen and oxygen atoms in total. The molecule has 7 aromatic rings. The molecule has 0 spiro atoms. The Bertz CT molecular complexity index is 3350. The van der Waals surface area contributed by atoms with Crippen LogP contribution < -0.4 is 28.4 Å². The van der Waals surface area contributed by atoms with Crippen LogP contribution in [0.3, 0.4) is 0 Å². The summed E-state index contributed by atoms with van der Waals surface area (Å²) < 4.78 is 38.7. The maximum absolute atomic E-state index is 11.1. The van der Waals surface area contributed by atoms with Crippen LogP contribution in [0, 0.1) is 23.7 Å². The van der Waals surface area contributed by atoms with E-state index in [1.807, 2.05) is 24.3 Å². The van der Waals surface area contributed by atoms with Gasteiger partial charge >= 0.3 is 0 Å². The van der Waals surface area contributed by atoms with E-state index in [1.165, 1.54) is 231 Å². The van der Waals surface area contributed by atoms with Gasteiger partial charge in [-0.1, -0.05) is 331 Å². The van der Waals surface area contributed by atoms with Crippen molar-refractivity contribution < 1.29 is 38.6 Å². The van der Waals surface area contributed by atoms with Crippen molar-refractivity contribution in [3.63, 3.8) is 0 Å². The molecule has 0 saturated heterocycles. The van der Waals surface area contributed by atoms with Crippen molar-refractivity contribution in [3.8, 4) is 80.4 Å². The smallest absolute Gasteiger partial charge is 0.123 e. The Morgan fingerprint density at radius 3 is 0.726 bits per heavy atom. The van der Waals surface area contributed by atoms with Gasteiger partial charge in [0.15, 0.2) is 0 Å². The van der Waals surface area contributed by atoms with Gasteiger partial charge in [0.1, 0.15) is 58.9 Å². The molecule has 106 heavy (non-hydrogen) atoms. The quantitative estimate of drug-likeness (QED) is 0.0221. The third-order valence-corrected chi connectivity index (χ3v) is 20.2. The average molecular weight is 1440 g/mol. The maximum atomic E-state index is 11.1. The summed E-state index contributed by atoms with van der Waals surface area (Å²) in [6, 6.07) is 41.9. The van der Waals surface area contributed by atoms with Crippen molar-refractivity contribution >= 4 is 21.5 Å². The molecule has 0 unspecified atom stereocenters. The highest BCUT2D eigenvalue weighted by Gasteiger charge is 2.18. The number of fused-ring (bicyclic) bond motifs is 2. The fourth-order valence-electron chi connectivity index (χ4n) is 14.0. The van der Waals surface area contributed by atoms with Gasteiger partial charge in [0.05, 0.1) is 26.4 Å². The predicted molar refractivity (Wildman–Crippen MR) is 450 cm³/mol. The Morgan fingerprint density at radius 2 is 0.481 bits per heavy atom. The number of benzene rings is 7. The van der Waals surface area contributed by atoms with Crippen molar-refractivity contribution in [2.24, 2.45) is 0 Å². The van der Waals surface area contributed by atoms with Gasteiger partial charge in [0.2, 0.25) is 0 Å². The zero-order valence-electron chi connectivity index (χ0n) is 67.4. The number of aliphatic hydroxyl groups is 2. The second kappa shape index (κ2) is 50.5. The summed E-state index contributed by atoms with van der Waals surface area (Å²) in [5.74, 6) is 18.0. The third-order valence-electron chi connectivity index (χ3n) is 20.2. The fraction of sp³-hybridized carbons (Fsp3) is 0.571. The molecule has 0 aliphatic carbocycles. The Kier molecular flexibility index (Phi) is 41.0. The topological polar surface area (TPSA) is 95.8 Å². The fourth-order valence-corrected chi connectivity index (χ4v) is 14.0.